The van der Waals surface area contributed by atoms with Crippen molar-refractivity contribution in [3.05, 3.63) is 240 Å². The minimum atomic E-state index is -5.27. The van der Waals surface area contributed by atoms with Crippen molar-refractivity contribution in [2.24, 2.45) is 0 Å². The quantitative estimate of drug-likeness (QED) is 0.0384. The van der Waals surface area contributed by atoms with Crippen LogP contribution in [-0.2, 0) is 19.2 Å². The summed E-state index contributed by atoms with van der Waals surface area (Å²) in [4.78, 5) is 162. The Morgan fingerprint density at radius 3 is 1.21 bits per heavy atom. The second-order valence-electron chi connectivity index (χ2n) is 35.6. The highest BCUT2D eigenvalue weighted by Crippen LogP contribution is 2.45. The molecule has 3 aliphatic rings. The van der Waals surface area contributed by atoms with Crippen LogP contribution in [0.15, 0.2) is 168 Å². The average Bonchev–Trinajstić information content (AvgIpc) is 0.735. The first-order valence-electron chi connectivity index (χ1n) is 44.6. The minimum absolute atomic E-state index is 0.00335. The van der Waals surface area contributed by atoms with Crippen LogP contribution >= 0.6 is 34.8 Å². The van der Waals surface area contributed by atoms with E-state index in [-0.39, 0.29) is 146 Å². The highest BCUT2D eigenvalue weighted by molar-refractivity contribution is 6.35. The standard InChI is InChI=1S/C34H35ClF4N8O3.C33H36ClN7O3.C32H36ClFN8O2/c1-8-25(48)45-15-19(5)46(16-18(45)4)30-20-14-21(35)28(26-22(36)10-9-11-23(26)41-32(49)34(37,38)39)42-31(20)47(33(50)43-30)29-24(44(6)7)12-13-40-27(29)17(2)3;1-8-26(42)39-16-21(6)40(17-20(39)5)30-24-15-25(34)28(22-11-9-10-12-23(22)32(43)35-7)37-31(24)41(33(44)38-30)29-19(4)13-14-36-27(29)18(2)3;1-8-25(43)40-15-19(5)41(16-18(40)4)30-20-14-21(33)28(26-22(34)10-9-11-23(26)35)37-31(20)42(32(44)38-30)29-24(39(6)7)12-13-36-27(29)17(2)3/h8-14,17-19H,1,15-16H2,2-7H3,(H,41,49);8-15,18,20-21H,1,16-17H2,2-7H3,(H,35,43);8-14,17-19H,1,15-16,35H2,2-7H3. The third kappa shape index (κ3) is 19.7. The number of nitrogens with zero attached hydrogens (tertiary/aromatic N) is 20. The van der Waals surface area contributed by atoms with E-state index in [4.69, 9.17) is 55.5 Å². The number of amides is 5. The summed E-state index contributed by atoms with van der Waals surface area (Å²) in [5, 5.41) is 5.96. The number of carbonyl (C=O) groups excluding carboxylic acids is 5. The van der Waals surface area contributed by atoms with Gasteiger partial charge in [0.1, 0.15) is 29.1 Å². The highest BCUT2D eigenvalue weighted by Gasteiger charge is 2.42. The zero-order valence-electron chi connectivity index (χ0n) is 79.6. The van der Waals surface area contributed by atoms with Crippen molar-refractivity contribution in [1.29, 1.82) is 0 Å². The van der Waals surface area contributed by atoms with Gasteiger partial charge in [-0.2, -0.15) is 28.1 Å². The fourth-order valence-electron chi connectivity index (χ4n) is 17.8. The molecule has 3 saturated heterocycles. The number of halogens is 8. The topological polar surface area (TPSA) is 343 Å². The van der Waals surface area contributed by atoms with E-state index in [9.17, 15) is 51.5 Å². The van der Waals surface area contributed by atoms with Crippen LogP contribution in [-0.4, -0.2) is 220 Å². The molecule has 5 amide bonds. The first-order valence-corrected chi connectivity index (χ1v) is 45.7. The van der Waals surface area contributed by atoms with Gasteiger partial charge in [0.05, 0.1) is 111 Å². The number of aromatic nitrogens is 12. The lowest BCUT2D eigenvalue weighted by Crippen LogP contribution is -2.58. The Labute approximate surface area is 808 Å². The molecule has 3 fully saturated rings. The average molecular weight is 1950 g/mol. The molecule has 0 spiro atoms. The van der Waals surface area contributed by atoms with Crippen LogP contribution in [0.1, 0.15) is 134 Å². The van der Waals surface area contributed by atoms with Gasteiger partial charge in [-0.15, -0.1) is 0 Å². The molecule has 0 saturated carbocycles. The zero-order valence-corrected chi connectivity index (χ0v) is 81.8. The molecule has 12 aromatic rings. The summed E-state index contributed by atoms with van der Waals surface area (Å²) in [7, 11) is 8.86. The van der Waals surface area contributed by atoms with Gasteiger partial charge in [-0.1, -0.05) is 126 Å². The number of rotatable bonds is 19. The molecular formula is C99H107Cl3F5N23O8. The van der Waals surface area contributed by atoms with Crippen molar-refractivity contribution in [2.75, 3.05) is 110 Å². The molecule has 0 bridgehead atoms. The Morgan fingerprint density at radius 2 is 0.833 bits per heavy atom. The van der Waals surface area contributed by atoms with Gasteiger partial charge in [0.2, 0.25) is 17.7 Å². The number of aryl methyl sites for hydroxylation is 1. The molecular weight excluding hydrogens is 1840 g/mol. The van der Waals surface area contributed by atoms with E-state index in [0.29, 0.717) is 110 Å². The lowest BCUT2D eigenvalue weighted by atomic mass is 10.0. The molecule has 31 nitrogen and oxygen atoms in total. The number of fused-ring (bicyclic) bond motifs is 3. The predicted molar refractivity (Wildman–Crippen MR) is 533 cm³/mol. The molecule has 9 aromatic heterocycles. The summed E-state index contributed by atoms with van der Waals surface area (Å²) in [6.07, 6.45) is 3.61. The van der Waals surface area contributed by atoms with Gasteiger partial charge in [-0.25, -0.2) is 51.8 Å². The maximum absolute atomic E-state index is 15.6. The van der Waals surface area contributed by atoms with Gasteiger partial charge in [0.25, 0.3) is 5.91 Å². The fraction of sp³-hybridized carbons (Fsp3) is 0.343. The molecule has 0 aliphatic carbocycles. The van der Waals surface area contributed by atoms with Crippen molar-refractivity contribution in [3.8, 4) is 50.8 Å². The lowest BCUT2D eigenvalue weighted by molar-refractivity contribution is -0.167. The van der Waals surface area contributed by atoms with Crippen LogP contribution in [0.4, 0.5) is 62.2 Å². The Hall–Kier alpha value is -14.1. The third-order valence-electron chi connectivity index (χ3n) is 24.5. The van der Waals surface area contributed by atoms with E-state index in [2.05, 4.69) is 55.0 Å². The van der Waals surface area contributed by atoms with E-state index in [1.165, 1.54) is 50.1 Å². The molecule has 4 N–H and O–H groups in total. The molecule has 138 heavy (non-hydrogen) atoms. The van der Waals surface area contributed by atoms with E-state index < -0.39 is 52.0 Å². The number of nitrogens with two attached hydrogens (primary N) is 1. The number of hydrogen-bond acceptors (Lipinski definition) is 23. The van der Waals surface area contributed by atoms with Gasteiger partial charge in [0, 0.05) is 146 Å². The van der Waals surface area contributed by atoms with Crippen molar-refractivity contribution < 1.29 is 45.9 Å². The molecule has 722 valence electrons. The lowest BCUT2D eigenvalue weighted by Gasteiger charge is -2.44. The molecule has 39 heteroatoms. The van der Waals surface area contributed by atoms with Crippen molar-refractivity contribution in [3.63, 3.8) is 0 Å². The second kappa shape index (κ2) is 41.0. The highest BCUT2D eigenvalue weighted by atomic mass is 35.5. The molecule has 15 rings (SSSR count). The van der Waals surface area contributed by atoms with Gasteiger partial charge < -0.3 is 55.6 Å². The Bertz CT molecular complexity index is 7000. The van der Waals surface area contributed by atoms with Crippen LogP contribution in [0, 0.1) is 18.6 Å². The molecule has 6 atom stereocenters. The molecule has 3 aliphatic heterocycles. The second-order valence-corrected chi connectivity index (χ2v) is 36.8. The SMILES string of the molecule is C=CC(=O)N1CC(C)N(c2nc(=O)n(-c3c(C)ccnc3C(C)C)c3nc(-c4ccccc4C(=O)NC)c(Cl)cc23)CC1C.C=CC(=O)N1CC(C)N(c2nc(=O)n(-c3c(N(C)C)ccnc3C(C)C)c3nc(-c4c(F)cccc4NC(=O)C(F)(F)F)c(Cl)cc23)CC1C.C=CC(=O)N1CC(C)N(c2nc(=O)n(-c3c(N(C)C)ccnc3C(C)C)c3nc(-c4c(N)cccc4F)c(Cl)cc23)CC1C. The van der Waals surface area contributed by atoms with Crippen LogP contribution in [0.3, 0.4) is 0 Å². The van der Waals surface area contributed by atoms with E-state index in [0.717, 1.165) is 35.1 Å². The Kier molecular flexibility index (Phi) is 30.1. The molecule has 12 heterocycles. The third-order valence-corrected chi connectivity index (χ3v) is 25.4. The number of nitrogens with one attached hydrogen (secondary N) is 2. The number of alkyl halides is 3. The summed E-state index contributed by atoms with van der Waals surface area (Å²) < 4.78 is 74.9. The maximum atomic E-state index is 15.6. The summed E-state index contributed by atoms with van der Waals surface area (Å²) in [5.74, 6) is -4.05. The first-order chi connectivity index (χ1) is 65.3. The van der Waals surface area contributed by atoms with Crippen molar-refractivity contribution in [2.45, 2.75) is 150 Å². The molecule has 0 radical (unpaired) electrons. The maximum Gasteiger partial charge on any atom is 0.471 e. The smallest absolute Gasteiger partial charge is 0.398 e. The number of nitrogen functional groups attached to an aromatic ring is 1. The largest absolute Gasteiger partial charge is 0.471 e. The Morgan fingerprint density at radius 1 is 0.478 bits per heavy atom. The van der Waals surface area contributed by atoms with Crippen LogP contribution < -0.4 is 57.9 Å². The van der Waals surface area contributed by atoms with E-state index in [1.54, 1.807) is 107 Å². The monoisotopic (exact) mass is 1950 g/mol. The predicted octanol–water partition coefficient (Wildman–Crippen LogP) is 15.9. The number of benzene rings is 3. The summed E-state index contributed by atoms with van der Waals surface area (Å²) >= 11 is 20.6. The number of pyridine rings is 6. The van der Waals surface area contributed by atoms with Gasteiger partial charge >= 0.3 is 29.2 Å². The Balaban J connectivity index is 0.000000175. The van der Waals surface area contributed by atoms with Crippen LogP contribution in [0.5, 0.6) is 0 Å². The van der Waals surface area contributed by atoms with Crippen molar-refractivity contribution in [1.82, 2.24) is 78.6 Å². The molecule has 3 aromatic carbocycles. The normalized spacial score (nSPS) is 16.8. The number of anilines is 7. The van der Waals surface area contributed by atoms with Gasteiger partial charge in [-0.05, 0) is 157 Å². The summed E-state index contributed by atoms with van der Waals surface area (Å²) in [6, 6.07) is 23.4. The van der Waals surface area contributed by atoms with Crippen molar-refractivity contribution >= 4 is 138 Å². The zero-order chi connectivity index (χ0) is 101. The van der Waals surface area contributed by atoms with E-state index >= 15 is 8.78 Å². The molecule has 6 unspecified atom stereocenters. The fourth-order valence-corrected chi connectivity index (χ4v) is 18.5. The summed E-state index contributed by atoms with van der Waals surface area (Å²) in [6.45, 7) is 38.3. The minimum Gasteiger partial charge on any atom is -0.398 e. The number of hydrogen-bond donors (Lipinski definition) is 3. The van der Waals surface area contributed by atoms with E-state index in [1.807, 2.05) is 142 Å². The summed E-state index contributed by atoms with van der Waals surface area (Å²) in [5.41, 5.74) is 10.6. The number of carbonyl (C=O) groups is 5. The number of piperazine rings is 3. The van der Waals surface area contributed by atoms with Gasteiger partial charge in [0.15, 0.2) is 16.9 Å². The first kappa shape index (κ1) is 101. The van der Waals surface area contributed by atoms with Crippen LogP contribution in [0.2, 0.25) is 15.1 Å². The van der Waals surface area contributed by atoms with Crippen LogP contribution in [0.25, 0.3) is 83.9 Å². The van der Waals surface area contributed by atoms with Gasteiger partial charge in [-0.3, -0.25) is 38.9 Å².